The predicted molar refractivity (Wildman–Crippen MR) is 74.6 cm³/mol. The Morgan fingerprint density at radius 2 is 1.63 bits per heavy atom. The third kappa shape index (κ3) is 3.93. The van der Waals surface area contributed by atoms with Gasteiger partial charge in [0, 0.05) is 11.2 Å². The molecule has 0 aliphatic heterocycles. The molecule has 0 saturated heterocycles. The van der Waals surface area contributed by atoms with Gasteiger partial charge in [-0.1, -0.05) is 31.8 Å². The molecule has 108 valence electrons. The normalized spacial score (nSPS) is 25.6. The Labute approximate surface area is 114 Å². The second kappa shape index (κ2) is 6.23. The fourth-order valence-electron chi connectivity index (χ4n) is 3.28. The van der Waals surface area contributed by atoms with Gasteiger partial charge in [-0.05, 0) is 31.6 Å². The van der Waals surface area contributed by atoms with Gasteiger partial charge in [0.1, 0.15) is 0 Å². The molecule has 0 aromatic rings. The highest BCUT2D eigenvalue weighted by atomic mass is 31.2. The van der Waals surface area contributed by atoms with Gasteiger partial charge in [0.15, 0.2) is 0 Å². The third-order valence-corrected chi connectivity index (χ3v) is 6.85. The maximum absolute atomic E-state index is 12.4. The Bertz CT molecular complexity index is 404. The number of hydrogen-bond donors (Lipinski definition) is 2. The van der Waals surface area contributed by atoms with Crippen LogP contribution < -0.4 is 0 Å². The molecule has 0 heterocycles. The molecule has 0 radical (unpaired) electrons. The second-order valence-corrected chi connectivity index (χ2v) is 8.45. The van der Waals surface area contributed by atoms with Gasteiger partial charge >= 0.3 is 5.97 Å². The summed E-state index contributed by atoms with van der Waals surface area (Å²) in [5, 5.41) is 9.24. The summed E-state index contributed by atoms with van der Waals surface area (Å²) in [4.78, 5) is 21.4. The van der Waals surface area contributed by atoms with Gasteiger partial charge in [-0.15, -0.1) is 0 Å². The van der Waals surface area contributed by atoms with Crippen LogP contribution in [-0.4, -0.2) is 27.8 Å². The molecule has 0 spiro atoms. The highest BCUT2D eigenvalue weighted by Gasteiger charge is 2.35. The highest BCUT2D eigenvalue weighted by molar-refractivity contribution is 7.59. The summed E-state index contributed by atoms with van der Waals surface area (Å²) in [6.07, 6.45) is 9.39. The van der Waals surface area contributed by atoms with Crippen molar-refractivity contribution in [3.8, 4) is 0 Å². The molecule has 2 rings (SSSR count). The average molecular weight is 286 g/mol. The zero-order valence-electron chi connectivity index (χ0n) is 11.3. The predicted octanol–water partition coefficient (Wildman–Crippen LogP) is 3.40. The van der Waals surface area contributed by atoms with Crippen LogP contribution >= 0.6 is 7.37 Å². The van der Waals surface area contributed by atoms with Crippen molar-refractivity contribution < 1.29 is 19.4 Å². The van der Waals surface area contributed by atoms with Crippen LogP contribution in [0.1, 0.15) is 51.4 Å². The van der Waals surface area contributed by atoms with E-state index >= 15 is 0 Å². The third-order valence-electron chi connectivity index (χ3n) is 4.40. The zero-order valence-corrected chi connectivity index (χ0v) is 12.1. The van der Waals surface area contributed by atoms with Crippen LogP contribution in [-0.2, 0) is 9.36 Å². The Kier molecular flexibility index (Phi) is 4.86. The van der Waals surface area contributed by atoms with E-state index in [1.807, 2.05) is 0 Å². The van der Waals surface area contributed by atoms with E-state index in [2.05, 4.69) is 0 Å². The summed E-state index contributed by atoms with van der Waals surface area (Å²) in [5.41, 5.74) is -0.0246. The Balaban J connectivity index is 2.07. The van der Waals surface area contributed by atoms with Crippen LogP contribution in [0.15, 0.2) is 11.6 Å². The van der Waals surface area contributed by atoms with Gasteiger partial charge in [-0.3, -0.25) is 4.57 Å². The minimum absolute atomic E-state index is 0.149. The maximum Gasteiger partial charge on any atom is 0.331 e. The van der Waals surface area contributed by atoms with Crippen molar-refractivity contribution in [3.63, 3.8) is 0 Å². The van der Waals surface area contributed by atoms with Gasteiger partial charge in [-0.25, -0.2) is 4.79 Å². The van der Waals surface area contributed by atoms with Crippen molar-refractivity contribution in [1.29, 1.82) is 0 Å². The van der Waals surface area contributed by atoms with Crippen LogP contribution in [0.5, 0.6) is 0 Å². The van der Waals surface area contributed by atoms with E-state index in [0.29, 0.717) is 0 Å². The molecule has 0 amide bonds. The lowest BCUT2D eigenvalue weighted by Gasteiger charge is -2.19. The molecular formula is C14H23O4P. The Morgan fingerprint density at radius 3 is 2.16 bits per heavy atom. The van der Waals surface area contributed by atoms with Crippen molar-refractivity contribution in [2.75, 3.05) is 6.16 Å². The fraction of sp³-hybridized carbons (Fsp3) is 0.786. The zero-order chi connectivity index (χ0) is 13.9. The molecule has 1 unspecified atom stereocenters. The lowest BCUT2D eigenvalue weighted by molar-refractivity contribution is -0.132. The number of carboxylic acid groups (broad SMARTS) is 1. The summed E-state index contributed by atoms with van der Waals surface area (Å²) in [6, 6.07) is 0. The monoisotopic (exact) mass is 286 g/mol. The molecule has 19 heavy (non-hydrogen) atoms. The number of aliphatic carboxylic acids is 1. The van der Waals surface area contributed by atoms with E-state index in [1.165, 1.54) is 0 Å². The quantitative estimate of drug-likeness (QED) is 0.600. The lowest BCUT2D eigenvalue weighted by atomic mass is 10.1. The average Bonchev–Trinajstić information content (AvgIpc) is 3.00. The number of hydrogen-bond acceptors (Lipinski definition) is 2. The number of carbonyl (C=O) groups is 1. The molecule has 0 aromatic carbocycles. The van der Waals surface area contributed by atoms with Crippen molar-refractivity contribution in [2.45, 2.75) is 57.0 Å². The molecule has 0 aromatic heterocycles. The van der Waals surface area contributed by atoms with Crippen LogP contribution in [0.3, 0.4) is 0 Å². The summed E-state index contributed by atoms with van der Waals surface area (Å²) < 4.78 is 12.4. The van der Waals surface area contributed by atoms with Gasteiger partial charge in [0.25, 0.3) is 0 Å². The standard InChI is InChI=1S/C14H23O4P/c15-14(16)12(9-11-5-1-2-6-11)10-19(17,18)13-7-3-4-8-13/h9,11,13H,1-8,10H2,(H,15,16)(H,17,18). The maximum atomic E-state index is 12.4. The number of allylic oxidation sites excluding steroid dienone is 1. The molecule has 2 N–H and O–H groups in total. The smallest absolute Gasteiger partial charge is 0.331 e. The van der Waals surface area contributed by atoms with Crippen LogP contribution in [0.4, 0.5) is 0 Å². The SMILES string of the molecule is O=C(O)C(=CC1CCCC1)CP(=O)(O)C1CCCC1. The molecule has 4 nitrogen and oxygen atoms in total. The molecule has 1 atom stereocenters. The van der Waals surface area contributed by atoms with Crippen LogP contribution in [0.25, 0.3) is 0 Å². The number of carboxylic acids is 1. The first kappa shape index (κ1) is 14.8. The summed E-state index contributed by atoms with van der Waals surface area (Å²) >= 11 is 0. The lowest BCUT2D eigenvalue weighted by Crippen LogP contribution is -2.13. The largest absolute Gasteiger partial charge is 0.478 e. The molecule has 2 aliphatic carbocycles. The van der Waals surface area contributed by atoms with E-state index in [9.17, 15) is 19.4 Å². The van der Waals surface area contributed by atoms with Crippen LogP contribution in [0.2, 0.25) is 0 Å². The first-order chi connectivity index (χ1) is 8.99. The van der Waals surface area contributed by atoms with E-state index in [-0.39, 0.29) is 23.3 Å². The van der Waals surface area contributed by atoms with Crippen molar-refractivity contribution in [2.24, 2.45) is 5.92 Å². The van der Waals surface area contributed by atoms with Crippen molar-refractivity contribution in [3.05, 3.63) is 11.6 Å². The van der Waals surface area contributed by atoms with Crippen LogP contribution in [0, 0.1) is 5.92 Å². The Morgan fingerprint density at radius 1 is 1.11 bits per heavy atom. The first-order valence-electron chi connectivity index (χ1n) is 7.24. The van der Waals surface area contributed by atoms with E-state index in [4.69, 9.17) is 0 Å². The van der Waals surface area contributed by atoms with E-state index in [0.717, 1.165) is 51.4 Å². The topological polar surface area (TPSA) is 74.6 Å². The van der Waals surface area contributed by atoms with Crippen molar-refractivity contribution in [1.82, 2.24) is 0 Å². The van der Waals surface area contributed by atoms with E-state index < -0.39 is 13.3 Å². The number of rotatable bonds is 5. The molecule has 2 aliphatic rings. The van der Waals surface area contributed by atoms with Crippen molar-refractivity contribution >= 4 is 13.3 Å². The summed E-state index contributed by atoms with van der Waals surface area (Å²) in [6.45, 7) is 0. The summed E-state index contributed by atoms with van der Waals surface area (Å²) in [7, 11) is -3.36. The fourth-order valence-corrected chi connectivity index (χ4v) is 5.44. The molecule has 0 bridgehead atoms. The Hall–Kier alpha value is -0.600. The molecule has 2 saturated carbocycles. The first-order valence-corrected chi connectivity index (χ1v) is 9.16. The molecular weight excluding hydrogens is 263 g/mol. The molecule has 5 heteroatoms. The van der Waals surface area contributed by atoms with Gasteiger partial charge < -0.3 is 10.00 Å². The highest BCUT2D eigenvalue weighted by Crippen LogP contribution is 2.54. The van der Waals surface area contributed by atoms with Gasteiger partial charge in [0.2, 0.25) is 7.37 Å². The summed E-state index contributed by atoms with van der Waals surface area (Å²) in [5.74, 6) is -0.742. The minimum Gasteiger partial charge on any atom is -0.478 e. The van der Waals surface area contributed by atoms with Gasteiger partial charge in [0.05, 0.1) is 6.16 Å². The van der Waals surface area contributed by atoms with E-state index in [1.54, 1.807) is 6.08 Å². The second-order valence-electron chi connectivity index (χ2n) is 5.89. The molecule has 2 fully saturated rings. The minimum atomic E-state index is -3.36. The van der Waals surface area contributed by atoms with Gasteiger partial charge in [-0.2, -0.15) is 0 Å².